The second-order valence-corrected chi connectivity index (χ2v) is 2.91. The van der Waals surface area contributed by atoms with Gasteiger partial charge in [-0.05, 0) is 24.0 Å². The van der Waals surface area contributed by atoms with Gasteiger partial charge in [-0.2, -0.15) is 0 Å². The minimum Gasteiger partial charge on any atom is -0.378 e. The van der Waals surface area contributed by atoms with Crippen molar-refractivity contribution >= 4 is 0 Å². The average Bonchev–Trinajstić information content (AvgIpc) is 2.47. The summed E-state index contributed by atoms with van der Waals surface area (Å²) in [5.41, 5.74) is 4.08. The fourth-order valence-corrected chi connectivity index (χ4v) is 1.57. The molecule has 0 spiro atoms. The predicted molar refractivity (Wildman–Crippen MR) is 50.3 cm³/mol. The van der Waals surface area contributed by atoms with Crippen molar-refractivity contribution in [1.82, 2.24) is 4.98 Å². The van der Waals surface area contributed by atoms with Gasteiger partial charge in [0.05, 0.1) is 6.61 Å². The lowest BCUT2D eigenvalue weighted by Crippen LogP contribution is -1.94. The molecule has 1 aromatic heterocycles. The first-order chi connectivity index (χ1) is 5.83. The highest BCUT2D eigenvalue weighted by Gasteiger charge is 2.06. The van der Waals surface area contributed by atoms with E-state index < -0.39 is 0 Å². The molecule has 2 nitrogen and oxygen atoms in total. The maximum absolute atomic E-state index is 5.10. The van der Waals surface area contributed by atoms with Crippen LogP contribution in [-0.2, 0) is 24.2 Å². The number of ether oxygens (including phenoxy) is 1. The van der Waals surface area contributed by atoms with E-state index in [1.165, 1.54) is 16.8 Å². The molecule has 12 heavy (non-hydrogen) atoms. The van der Waals surface area contributed by atoms with Crippen LogP contribution in [0.1, 0.15) is 30.7 Å². The van der Waals surface area contributed by atoms with Gasteiger partial charge in [-0.1, -0.05) is 13.8 Å². The van der Waals surface area contributed by atoms with Crippen molar-refractivity contribution < 1.29 is 4.74 Å². The Labute approximate surface area is 73.9 Å². The standard InChI is InChI=1S/C10H17NO/c1-4-8-6-11-10(7-12-3)9(8)5-2/h6,11H,4-5,7H2,1-3H3. The van der Waals surface area contributed by atoms with Crippen molar-refractivity contribution in [2.45, 2.75) is 33.3 Å². The molecule has 0 bridgehead atoms. The van der Waals surface area contributed by atoms with Crippen LogP contribution in [-0.4, -0.2) is 12.1 Å². The smallest absolute Gasteiger partial charge is 0.0864 e. The monoisotopic (exact) mass is 167 g/mol. The van der Waals surface area contributed by atoms with Crippen LogP contribution < -0.4 is 0 Å². The van der Waals surface area contributed by atoms with Crippen molar-refractivity contribution in [1.29, 1.82) is 0 Å². The minimum absolute atomic E-state index is 0.698. The first-order valence-corrected chi connectivity index (χ1v) is 4.50. The molecule has 0 fully saturated rings. The summed E-state index contributed by atoms with van der Waals surface area (Å²) in [6.07, 6.45) is 4.28. The van der Waals surface area contributed by atoms with E-state index in [2.05, 4.69) is 25.0 Å². The maximum Gasteiger partial charge on any atom is 0.0864 e. The van der Waals surface area contributed by atoms with E-state index >= 15 is 0 Å². The van der Waals surface area contributed by atoms with Crippen molar-refractivity contribution in [3.8, 4) is 0 Å². The number of nitrogens with one attached hydrogen (secondary N) is 1. The Bertz CT molecular complexity index is 240. The number of hydrogen-bond acceptors (Lipinski definition) is 1. The summed E-state index contributed by atoms with van der Waals surface area (Å²) in [4.78, 5) is 3.25. The third-order valence-electron chi connectivity index (χ3n) is 2.20. The Morgan fingerprint density at radius 1 is 1.33 bits per heavy atom. The zero-order chi connectivity index (χ0) is 8.97. The third-order valence-corrected chi connectivity index (χ3v) is 2.20. The molecule has 1 aromatic rings. The molecular weight excluding hydrogens is 150 g/mol. The van der Waals surface area contributed by atoms with Crippen LogP contribution in [0.15, 0.2) is 6.20 Å². The van der Waals surface area contributed by atoms with E-state index in [-0.39, 0.29) is 0 Å². The van der Waals surface area contributed by atoms with Gasteiger partial charge in [-0.25, -0.2) is 0 Å². The number of aromatic nitrogens is 1. The molecule has 0 unspecified atom stereocenters. The zero-order valence-corrected chi connectivity index (χ0v) is 8.11. The van der Waals surface area contributed by atoms with Crippen LogP contribution in [0.2, 0.25) is 0 Å². The van der Waals surface area contributed by atoms with Gasteiger partial charge in [0.2, 0.25) is 0 Å². The lowest BCUT2D eigenvalue weighted by Gasteiger charge is -2.01. The van der Waals surface area contributed by atoms with Gasteiger partial charge in [0.1, 0.15) is 0 Å². The second-order valence-electron chi connectivity index (χ2n) is 2.91. The van der Waals surface area contributed by atoms with Crippen molar-refractivity contribution in [2.75, 3.05) is 7.11 Å². The molecule has 0 radical (unpaired) electrons. The molecule has 0 saturated heterocycles. The molecule has 0 aliphatic heterocycles. The Morgan fingerprint density at radius 3 is 2.58 bits per heavy atom. The van der Waals surface area contributed by atoms with Crippen LogP contribution in [0, 0.1) is 0 Å². The highest BCUT2D eigenvalue weighted by Crippen LogP contribution is 2.15. The lowest BCUT2D eigenvalue weighted by molar-refractivity contribution is 0.181. The third kappa shape index (κ3) is 1.69. The van der Waals surface area contributed by atoms with Crippen LogP contribution in [0.5, 0.6) is 0 Å². The minimum atomic E-state index is 0.698. The summed E-state index contributed by atoms with van der Waals surface area (Å²) in [7, 11) is 1.73. The molecule has 1 heterocycles. The summed E-state index contributed by atoms with van der Waals surface area (Å²) in [6.45, 7) is 5.06. The molecule has 0 saturated carbocycles. The normalized spacial score (nSPS) is 10.6. The number of methoxy groups -OCH3 is 1. The van der Waals surface area contributed by atoms with E-state index in [1.807, 2.05) is 0 Å². The predicted octanol–water partition coefficient (Wildman–Crippen LogP) is 2.29. The van der Waals surface area contributed by atoms with Crippen molar-refractivity contribution in [3.05, 3.63) is 23.0 Å². The molecular formula is C10H17NO. The second kappa shape index (κ2) is 4.31. The number of aryl methyl sites for hydroxylation is 1. The number of hydrogen-bond donors (Lipinski definition) is 1. The first kappa shape index (κ1) is 9.33. The van der Waals surface area contributed by atoms with Crippen molar-refractivity contribution in [3.63, 3.8) is 0 Å². The number of aromatic amines is 1. The molecule has 0 atom stereocenters. The molecule has 0 amide bonds. The fourth-order valence-electron chi connectivity index (χ4n) is 1.57. The van der Waals surface area contributed by atoms with E-state index in [0.29, 0.717) is 6.61 Å². The highest BCUT2D eigenvalue weighted by molar-refractivity contribution is 5.30. The van der Waals surface area contributed by atoms with Gasteiger partial charge in [0.15, 0.2) is 0 Å². The quantitative estimate of drug-likeness (QED) is 0.731. The Balaban J connectivity index is 2.88. The first-order valence-electron chi connectivity index (χ1n) is 4.50. The van der Waals surface area contributed by atoms with E-state index in [9.17, 15) is 0 Å². The van der Waals surface area contributed by atoms with Gasteiger partial charge in [-0.3, -0.25) is 0 Å². The molecule has 0 aromatic carbocycles. The fraction of sp³-hybridized carbons (Fsp3) is 0.600. The molecule has 0 aliphatic rings. The lowest BCUT2D eigenvalue weighted by atomic mass is 10.1. The van der Waals surface area contributed by atoms with Gasteiger partial charge < -0.3 is 9.72 Å². The van der Waals surface area contributed by atoms with Crippen LogP contribution in [0.3, 0.4) is 0 Å². The molecule has 68 valence electrons. The summed E-state index contributed by atoms with van der Waals surface area (Å²) in [5.74, 6) is 0. The summed E-state index contributed by atoms with van der Waals surface area (Å²) >= 11 is 0. The number of H-pyrrole nitrogens is 1. The van der Waals surface area contributed by atoms with Crippen LogP contribution >= 0.6 is 0 Å². The molecule has 1 rings (SSSR count). The Hall–Kier alpha value is -0.760. The van der Waals surface area contributed by atoms with E-state index in [1.54, 1.807) is 7.11 Å². The van der Waals surface area contributed by atoms with E-state index in [4.69, 9.17) is 4.74 Å². The zero-order valence-electron chi connectivity index (χ0n) is 8.11. The van der Waals surface area contributed by atoms with Crippen molar-refractivity contribution in [2.24, 2.45) is 0 Å². The summed E-state index contributed by atoms with van der Waals surface area (Å²) in [6, 6.07) is 0. The topological polar surface area (TPSA) is 25.0 Å². The van der Waals surface area contributed by atoms with Crippen LogP contribution in [0.4, 0.5) is 0 Å². The molecule has 0 aliphatic carbocycles. The highest BCUT2D eigenvalue weighted by atomic mass is 16.5. The summed E-state index contributed by atoms with van der Waals surface area (Å²) < 4.78 is 5.10. The molecule has 2 heteroatoms. The van der Waals surface area contributed by atoms with Gasteiger partial charge in [-0.15, -0.1) is 0 Å². The summed E-state index contributed by atoms with van der Waals surface area (Å²) in [5, 5.41) is 0. The number of rotatable bonds is 4. The van der Waals surface area contributed by atoms with E-state index in [0.717, 1.165) is 12.8 Å². The Morgan fingerprint density at radius 2 is 2.08 bits per heavy atom. The van der Waals surface area contributed by atoms with Gasteiger partial charge in [0.25, 0.3) is 0 Å². The van der Waals surface area contributed by atoms with Gasteiger partial charge >= 0.3 is 0 Å². The largest absolute Gasteiger partial charge is 0.378 e. The Kier molecular flexibility index (Phi) is 3.35. The van der Waals surface area contributed by atoms with Crippen LogP contribution in [0.25, 0.3) is 0 Å². The average molecular weight is 167 g/mol. The molecule has 1 N–H and O–H groups in total. The van der Waals surface area contributed by atoms with Gasteiger partial charge in [0, 0.05) is 19.0 Å². The maximum atomic E-state index is 5.10. The SMILES string of the molecule is CCc1c[nH]c(COC)c1CC.